The molecular formula is C20H15BrClNO4. The van der Waals surface area contributed by atoms with E-state index in [9.17, 15) is 9.59 Å². The first-order valence-corrected chi connectivity index (χ1v) is 9.50. The summed E-state index contributed by atoms with van der Waals surface area (Å²) in [5.74, 6) is -0.227. The largest absolute Gasteiger partial charge is 0.450 e. The molecule has 1 aliphatic heterocycles. The number of carbonyl (C=O) groups excluding carboxylic acids is 1. The summed E-state index contributed by atoms with van der Waals surface area (Å²) in [6.45, 7) is 0.690. The molecule has 0 aliphatic carbocycles. The van der Waals surface area contributed by atoms with Crippen LogP contribution in [0.25, 0.3) is 11.0 Å². The molecule has 1 aliphatic rings. The Hall–Kier alpha value is -2.15. The topological polar surface area (TPSA) is 59.8 Å². The van der Waals surface area contributed by atoms with Crippen molar-refractivity contribution in [1.29, 1.82) is 0 Å². The zero-order valence-electron chi connectivity index (χ0n) is 14.4. The second kappa shape index (κ2) is 7.11. The Morgan fingerprint density at radius 2 is 1.93 bits per heavy atom. The number of amides is 1. The zero-order valence-corrected chi connectivity index (χ0v) is 16.7. The highest BCUT2D eigenvalue weighted by Gasteiger charge is 2.42. The Morgan fingerprint density at radius 1 is 1.19 bits per heavy atom. The summed E-state index contributed by atoms with van der Waals surface area (Å²) in [6, 6.07) is 11.8. The number of hydrogen-bond acceptors (Lipinski definition) is 4. The molecule has 2 heterocycles. The summed E-state index contributed by atoms with van der Waals surface area (Å²) in [5, 5.41) is 1.02. The van der Waals surface area contributed by atoms with Crippen LogP contribution >= 0.6 is 27.5 Å². The maximum absolute atomic E-state index is 13.3. The monoisotopic (exact) mass is 447 g/mol. The molecular weight excluding hydrogens is 434 g/mol. The van der Waals surface area contributed by atoms with Crippen LogP contribution in [0, 0.1) is 0 Å². The zero-order chi connectivity index (χ0) is 19.1. The molecule has 1 aromatic heterocycles. The third kappa shape index (κ3) is 3.08. The summed E-state index contributed by atoms with van der Waals surface area (Å²) in [6.07, 6.45) is 0. The molecule has 4 rings (SSSR count). The first-order chi connectivity index (χ1) is 13.0. The van der Waals surface area contributed by atoms with Crippen molar-refractivity contribution in [2.24, 2.45) is 0 Å². The van der Waals surface area contributed by atoms with Crippen molar-refractivity contribution >= 4 is 44.4 Å². The molecule has 1 amide bonds. The van der Waals surface area contributed by atoms with E-state index in [1.807, 2.05) is 12.1 Å². The van der Waals surface area contributed by atoms with Crippen molar-refractivity contribution in [3.63, 3.8) is 0 Å². The third-order valence-electron chi connectivity index (χ3n) is 4.65. The number of methoxy groups -OCH3 is 1. The van der Waals surface area contributed by atoms with Gasteiger partial charge in [-0.15, -0.1) is 0 Å². The summed E-state index contributed by atoms with van der Waals surface area (Å²) in [7, 11) is 1.57. The van der Waals surface area contributed by atoms with Gasteiger partial charge in [-0.3, -0.25) is 9.59 Å². The lowest BCUT2D eigenvalue weighted by atomic mass is 9.98. The number of ether oxygens (including phenoxy) is 1. The number of rotatable bonds is 4. The van der Waals surface area contributed by atoms with Crippen LogP contribution in [0.2, 0.25) is 5.02 Å². The van der Waals surface area contributed by atoms with Gasteiger partial charge in [-0.05, 0) is 35.9 Å². The molecule has 0 saturated carbocycles. The van der Waals surface area contributed by atoms with E-state index in [2.05, 4.69) is 15.9 Å². The van der Waals surface area contributed by atoms with E-state index < -0.39 is 6.04 Å². The normalized spacial score (nSPS) is 16.2. The molecule has 0 radical (unpaired) electrons. The van der Waals surface area contributed by atoms with Crippen LogP contribution in [0.3, 0.4) is 0 Å². The van der Waals surface area contributed by atoms with E-state index in [1.54, 1.807) is 42.3 Å². The molecule has 7 heteroatoms. The fourth-order valence-corrected chi connectivity index (χ4v) is 3.89. The van der Waals surface area contributed by atoms with Crippen LogP contribution in [-0.4, -0.2) is 31.1 Å². The fraction of sp³-hybridized carbons (Fsp3) is 0.200. The first-order valence-electron chi connectivity index (χ1n) is 8.33. The van der Waals surface area contributed by atoms with Gasteiger partial charge in [0.05, 0.1) is 23.6 Å². The molecule has 0 spiro atoms. The molecule has 1 atom stereocenters. The van der Waals surface area contributed by atoms with Gasteiger partial charge in [0, 0.05) is 23.1 Å². The number of carbonyl (C=O) groups is 1. The predicted octanol–water partition coefficient (Wildman–Crippen LogP) is 4.40. The fourth-order valence-electron chi connectivity index (χ4n) is 3.40. The van der Waals surface area contributed by atoms with Gasteiger partial charge in [0.2, 0.25) is 5.76 Å². The van der Waals surface area contributed by atoms with Crippen LogP contribution in [0.15, 0.2) is 56.1 Å². The van der Waals surface area contributed by atoms with Gasteiger partial charge in [-0.25, -0.2) is 0 Å². The Balaban J connectivity index is 1.97. The Morgan fingerprint density at radius 3 is 2.63 bits per heavy atom. The molecule has 0 fully saturated rings. The molecule has 27 heavy (non-hydrogen) atoms. The van der Waals surface area contributed by atoms with Gasteiger partial charge in [0.25, 0.3) is 5.91 Å². The summed E-state index contributed by atoms with van der Waals surface area (Å²) in [5.41, 5.74) is 1.33. The highest BCUT2D eigenvalue weighted by molar-refractivity contribution is 9.10. The molecule has 1 unspecified atom stereocenters. The summed E-state index contributed by atoms with van der Waals surface area (Å²) >= 11 is 9.39. The lowest BCUT2D eigenvalue weighted by molar-refractivity contribution is 0.0663. The maximum atomic E-state index is 13.3. The van der Waals surface area contributed by atoms with Crippen LogP contribution in [-0.2, 0) is 4.74 Å². The lowest BCUT2D eigenvalue weighted by Gasteiger charge is -2.24. The van der Waals surface area contributed by atoms with E-state index >= 15 is 0 Å². The van der Waals surface area contributed by atoms with Gasteiger partial charge < -0.3 is 14.1 Å². The quantitative estimate of drug-likeness (QED) is 0.593. The van der Waals surface area contributed by atoms with Crippen molar-refractivity contribution in [3.8, 4) is 0 Å². The molecule has 2 aromatic carbocycles. The second-order valence-electron chi connectivity index (χ2n) is 6.26. The molecule has 5 nitrogen and oxygen atoms in total. The Kier molecular flexibility index (Phi) is 4.80. The summed E-state index contributed by atoms with van der Waals surface area (Å²) < 4.78 is 11.8. The highest BCUT2D eigenvalue weighted by Crippen LogP contribution is 2.38. The van der Waals surface area contributed by atoms with E-state index in [-0.39, 0.29) is 17.1 Å². The number of halogens is 2. The number of hydrogen-bond donors (Lipinski definition) is 0. The smallest absolute Gasteiger partial charge is 0.290 e. The summed E-state index contributed by atoms with van der Waals surface area (Å²) in [4.78, 5) is 27.9. The molecule has 0 N–H and O–H groups in total. The van der Waals surface area contributed by atoms with Crippen molar-refractivity contribution < 1.29 is 13.9 Å². The standard InChI is InChI=1S/C20H15BrClNO4/c1-26-9-8-23-17(11-2-5-13(22)6-3-11)16-18(24)14-10-12(21)4-7-15(14)27-19(16)20(23)25/h2-7,10,17H,8-9H2,1H3. The average molecular weight is 449 g/mol. The van der Waals surface area contributed by atoms with Crippen molar-refractivity contribution in [1.82, 2.24) is 4.90 Å². The van der Waals surface area contributed by atoms with E-state index in [1.165, 1.54) is 0 Å². The third-order valence-corrected chi connectivity index (χ3v) is 5.40. The van der Waals surface area contributed by atoms with Gasteiger partial charge in [0.1, 0.15) is 5.58 Å². The minimum atomic E-state index is -0.542. The Bertz CT molecular complexity index is 1090. The van der Waals surface area contributed by atoms with Crippen LogP contribution < -0.4 is 5.43 Å². The van der Waals surface area contributed by atoms with Gasteiger partial charge in [-0.1, -0.05) is 39.7 Å². The SMILES string of the molecule is COCCN1C(=O)c2oc3ccc(Br)cc3c(=O)c2C1c1ccc(Cl)cc1. The number of fused-ring (bicyclic) bond motifs is 2. The molecule has 0 saturated heterocycles. The Labute approximate surface area is 168 Å². The van der Waals surface area contributed by atoms with Gasteiger partial charge in [-0.2, -0.15) is 0 Å². The minimum absolute atomic E-state index is 0.0888. The number of benzene rings is 2. The van der Waals surface area contributed by atoms with Crippen molar-refractivity contribution in [3.05, 3.63) is 79.1 Å². The van der Waals surface area contributed by atoms with Gasteiger partial charge >= 0.3 is 0 Å². The van der Waals surface area contributed by atoms with Crippen LogP contribution in [0.1, 0.15) is 27.7 Å². The van der Waals surface area contributed by atoms with E-state index in [0.29, 0.717) is 34.7 Å². The van der Waals surface area contributed by atoms with E-state index in [0.717, 1.165) is 10.0 Å². The number of nitrogens with zero attached hydrogens (tertiary/aromatic N) is 1. The predicted molar refractivity (Wildman–Crippen MR) is 106 cm³/mol. The maximum Gasteiger partial charge on any atom is 0.290 e. The van der Waals surface area contributed by atoms with Crippen molar-refractivity contribution in [2.45, 2.75) is 6.04 Å². The van der Waals surface area contributed by atoms with Crippen molar-refractivity contribution in [2.75, 3.05) is 20.3 Å². The second-order valence-corrected chi connectivity index (χ2v) is 7.61. The van der Waals surface area contributed by atoms with Crippen LogP contribution in [0.5, 0.6) is 0 Å². The first kappa shape index (κ1) is 18.2. The molecule has 3 aromatic rings. The van der Waals surface area contributed by atoms with E-state index in [4.69, 9.17) is 20.8 Å². The van der Waals surface area contributed by atoms with Gasteiger partial charge in [0.15, 0.2) is 5.43 Å². The minimum Gasteiger partial charge on any atom is -0.450 e. The molecule has 138 valence electrons. The highest BCUT2D eigenvalue weighted by atomic mass is 79.9. The molecule has 0 bridgehead atoms. The average Bonchev–Trinajstić information content (AvgIpc) is 2.94. The lowest BCUT2D eigenvalue weighted by Crippen LogP contribution is -2.32. The van der Waals surface area contributed by atoms with Crippen LogP contribution in [0.4, 0.5) is 0 Å².